The Morgan fingerprint density at radius 2 is 1.06 bits per heavy atom. The molecule has 0 aliphatic carbocycles. The minimum absolute atomic E-state index is 0.622. The van der Waals surface area contributed by atoms with Gasteiger partial charge in [0, 0.05) is 45.2 Å². The van der Waals surface area contributed by atoms with Gasteiger partial charge in [-0.2, -0.15) is 0 Å². The van der Waals surface area contributed by atoms with Crippen molar-refractivity contribution >= 4 is 54.3 Å². The van der Waals surface area contributed by atoms with Gasteiger partial charge in [0.2, 0.25) is 0 Å². The van der Waals surface area contributed by atoms with Crippen molar-refractivity contribution in [3.63, 3.8) is 0 Å². The van der Waals surface area contributed by atoms with Crippen LogP contribution in [0.3, 0.4) is 0 Å². The van der Waals surface area contributed by atoms with Gasteiger partial charge < -0.3 is 4.42 Å². The maximum atomic E-state index is 6.41. The van der Waals surface area contributed by atoms with Gasteiger partial charge in [0.25, 0.3) is 0 Å². The lowest BCUT2D eigenvalue weighted by molar-refractivity contribution is 0.672. The van der Waals surface area contributed by atoms with Crippen molar-refractivity contribution in [1.82, 2.24) is 19.9 Å². The number of pyridine rings is 1. The fourth-order valence-electron chi connectivity index (χ4n) is 7.01. The topological polar surface area (TPSA) is 64.7 Å². The van der Waals surface area contributed by atoms with E-state index < -0.39 is 0 Å². The van der Waals surface area contributed by atoms with Crippen LogP contribution in [0.1, 0.15) is 0 Å². The van der Waals surface area contributed by atoms with Crippen molar-refractivity contribution in [3.05, 3.63) is 158 Å². The van der Waals surface area contributed by atoms with Gasteiger partial charge in [0.15, 0.2) is 17.5 Å². The number of fused-ring (bicyclic) bond motifs is 7. The molecule has 5 heteroatoms. The molecule has 3 heterocycles. The van der Waals surface area contributed by atoms with Crippen molar-refractivity contribution in [1.29, 1.82) is 0 Å². The van der Waals surface area contributed by atoms with Gasteiger partial charge >= 0.3 is 0 Å². The molecule has 0 bridgehead atoms. The van der Waals surface area contributed by atoms with E-state index in [1.807, 2.05) is 42.6 Å². The highest BCUT2D eigenvalue weighted by Crippen LogP contribution is 2.41. The molecule has 10 rings (SSSR count). The number of hydrogen-bond acceptors (Lipinski definition) is 5. The molecule has 49 heavy (non-hydrogen) atoms. The minimum atomic E-state index is 0.622. The molecule has 0 aliphatic heterocycles. The lowest BCUT2D eigenvalue weighted by atomic mass is 9.91. The summed E-state index contributed by atoms with van der Waals surface area (Å²) in [7, 11) is 0. The molecule has 3 aromatic heterocycles. The van der Waals surface area contributed by atoms with Crippen LogP contribution in [0.2, 0.25) is 0 Å². The van der Waals surface area contributed by atoms with Gasteiger partial charge in [-0.15, -0.1) is 0 Å². The van der Waals surface area contributed by atoms with Gasteiger partial charge in [-0.1, -0.05) is 115 Å². The molecule has 0 saturated carbocycles. The standard InChI is InChI=1S/C44H26N4O/c1-2-10-28(11-3-1)42-46-43(31-18-17-27-9-4-5-12-29(27)23-31)48-44(47-42)32-24-30-13-6-7-14-33(30)38(25-32)34-15-8-16-36-35(34)19-20-37-39-26-45-22-21-40(39)49-41(36)37/h1-26H. The molecule has 0 fully saturated rings. The van der Waals surface area contributed by atoms with Crippen LogP contribution in [0.5, 0.6) is 0 Å². The Balaban J connectivity index is 1.21. The summed E-state index contributed by atoms with van der Waals surface area (Å²) in [6.45, 7) is 0. The molecular formula is C44H26N4O. The van der Waals surface area contributed by atoms with Crippen LogP contribution in [0.4, 0.5) is 0 Å². The Hall–Kier alpha value is -6.72. The van der Waals surface area contributed by atoms with E-state index in [4.69, 9.17) is 19.4 Å². The first kappa shape index (κ1) is 27.4. The van der Waals surface area contributed by atoms with Gasteiger partial charge in [0.1, 0.15) is 11.2 Å². The summed E-state index contributed by atoms with van der Waals surface area (Å²) in [6, 6.07) is 50.4. The molecule has 0 N–H and O–H groups in total. The van der Waals surface area contributed by atoms with Crippen molar-refractivity contribution in [2.45, 2.75) is 0 Å². The fourth-order valence-corrected chi connectivity index (χ4v) is 7.01. The Labute approximate surface area is 281 Å². The maximum absolute atomic E-state index is 6.41. The highest BCUT2D eigenvalue weighted by molar-refractivity contribution is 6.18. The number of aromatic nitrogens is 4. The summed E-state index contributed by atoms with van der Waals surface area (Å²) in [4.78, 5) is 19.6. The smallest absolute Gasteiger partial charge is 0.164 e. The summed E-state index contributed by atoms with van der Waals surface area (Å²) in [5, 5.41) is 8.83. The van der Waals surface area contributed by atoms with Crippen LogP contribution < -0.4 is 0 Å². The summed E-state index contributed by atoms with van der Waals surface area (Å²) in [5.74, 6) is 1.89. The largest absolute Gasteiger partial charge is 0.455 e. The SMILES string of the molecule is c1ccc(-c2nc(-c3ccc4ccccc4c3)nc(-c3cc(-c4cccc5c4ccc4c6cnccc6oc54)c4ccccc4c3)n2)cc1. The molecule has 0 amide bonds. The minimum Gasteiger partial charge on any atom is -0.455 e. The molecule has 10 aromatic rings. The van der Waals surface area contributed by atoms with Crippen molar-refractivity contribution < 1.29 is 4.42 Å². The van der Waals surface area contributed by atoms with E-state index in [0.717, 1.165) is 76.7 Å². The molecule has 0 saturated heterocycles. The van der Waals surface area contributed by atoms with Crippen molar-refractivity contribution in [3.8, 4) is 45.3 Å². The molecule has 5 nitrogen and oxygen atoms in total. The van der Waals surface area contributed by atoms with E-state index in [9.17, 15) is 0 Å². The summed E-state index contributed by atoms with van der Waals surface area (Å²) in [6.07, 6.45) is 3.64. The highest BCUT2D eigenvalue weighted by atomic mass is 16.3. The first-order valence-electron chi connectivity index (χ1n) is 16.3. The van der Waals surface area contributed by atoms with E-state index >= 15 is 0 Å². The third-order valence-electron chi connectivity index (χ3n) is 9.38. The number of nitrogens with zero attached hydrogens (tertiary/aromatic N) is 4. The zero-order valence-corrected chi connectivity index (χ0v) is 26.2. The van der Waals surface area contributed by atoms with Gasteiger partial charge in [-0.25, -0.2) is 15.0 Å². The molecule has 0 radical (unpaired) electrons. The third kappa shape index (κ3) is 4.55. The third-order valence-corrected chi connectivity index (χ3v) is 9.38. The van der Waals surface area contributed by atoms with Crippen LogP contribution >= 0.6 is 0 Å². The predicted molar refractivity (Wildman–Crippen MR) is 199 cm³/mol. The van der Waals surface area contributed by atoms with E-state index in [1.54, 1.807) is 6.20 Å². The van der Waals surface area contributed by atoms with Crippen LogP contribution in [0, 0.1) is 0 Å². The zero-order valence-electron chi connectivity index (χ0n) is 26.2. The normalized spacial score (nSPS) is 11.7. The summed E-state index contributed by atoms with van der Waals surface area (Å²) >= 11 is 0. The number of hydrogen-bond donors (Lipinski definition) is 0. The van der Waals surface area contributed by atoms with Crippen molar-refractivity contribution in [2.75, 3.05) is 0 Å². The first-order valence-corrected chi connectivity index (χ1v) is 16.3. The van der Waals surface area contributed by atoms with Crippen LogP contribution in [0.15, 0.2) is 162 Å². The average molecular weight is 627 g/mol. The van der Waals surface area contributed by atoms with Crippen molar-refractivity contribution in [2.24, 2.45) is 0 Å². The Morgan fingerprint density at radius 3 is 1.94 bits per heavy atom. The van der Waals surface area contributed by atoms with E-state index in [1.165, 1.54) is 5.39 Å². The highest BCUT2D eigenvalue weighted by Gasteiger charge is 2.18. The fraction of sp³-hybridized carbons (Fsp3) is 0. The Morgan fingerprint density at radius 1 is 0.388 bits per heavy atom. The summed E-state index contributed by atoms with van der Waals surface area (Å²) < 4.78 is 6.41. The predicted octanol–water partition coefficient (Wildman–Crippen LogP) is 11.3. The second kappa shape index (κ2) is 10.9. The second-order valence-electron chi connectivity index (χ2n) is 12.3. The average Bonchev–Trinajstić information content (AvgIpc) is 3.56. The lowest BCUT2D eigenvalue weighted by Crippen LogP contribution is -2.00. The zero-order chi connectivity index (χ0) is 32.3. The molecule has 0 unspecified atom stereocenters. The number of benzene rings is 7. The van der Waals surface area contributed by atoms with Gasteiger partial charge in [0.05, 0.1) is 0 Å². The van der Waals surface area contributed by atoms with E-state index in [-0.39, 0.29) is 0 Å². The van der Waals surface area contributed by atoms with Crippen LogP contribution in [-0.2, 0) is 0 Å². The molecular weight excluding hydrogens is 601 g/mol. The van der Waals surface area contributed by atoms with E-state index in [0.29, 0.717) is 17.5 Å². The van der Waals surface area contributed by atoms with Gasteiger partial charge in [-0.3, -0.25) is 4.98 Å². The monoisotopic (exact) mass is 626 g/mol. The Kier molecular flexibility index (Phi) is 6.11. The molecule has 228 valence electrons. The number of rotatable bonds is 4. The molecule has 0 aliphatic rings. The van der Waals surface area contributed by atoms with E-state index in [2.05, 4.69) is 114 Å². The summed E-state index contributed by atoms with van der Waals surface area (Å²) in [5.41, 5.74) is 6.72. The quantitative estimate of drug-likeness (QED) is 0.194. The van der Waals surface area contributed by atoms with Crippen LogP contribution in [-0.4, -0.2) is 19.9 Å². The molecule has 7 aromatic carbocycles. The molecule has 0 atom stereocenters. The van der Waals surface area contributed by atoms with Gasteiger partial charge in [-0.05, 0) is 68.4 Å². The lowest BCUT2D eigenvalue weighted by Gasteiger charge is -2.14. The Bertz CT molecular complexity index is 2890. The first-order chi connectivity index (χ1) is 24.3. The molecule has 0 spiro atoms. The maximum Gasteiger partial charge on any atom is 0.164 e. The number of furan rings is 1. The van der Waals surface area contributed by atoms with Crippen LogP contribution in [0.25, 0.3) is 99.5 Å². The second-order valence-corrected chi connectivity index (χ2v) is 12.3.